The minimum atomic E-state index is 0.207. The molecular weight excluding hydrogens is 202 g/mol. The van der Waals surface area contributed by atoms with E-state index in [9.17, 15) is 5.11 Å². The lowest BCUT2D eigenvalue weighted by atomic mass is 10.0. The van der Waals surface area contributed by atoms with Crippen LogP contribution in [0.25, 0.3) is 0 Å². The first-order valence-corrected chi connectivity index (χ1v) is 5.87. The van der Waals surface area contributed by atoms with Crippen molar-refractivity contribution in [1.82, 2.24) is 4.98 Å². The lowest BCUT2D eigenvalue weighted by Gasteiger charge is -2.37. The Labute approximate surface area is 96.1 Å². The van der Waals surface area contributed by atoms with Crippen LogP contribution in [-0.4, -0.2) is 29.3 Å². The van der Waals surface area contributed by atoms with E-state index in [2.05, 4.69) is 9.88 Å². The van der Waals surface area contributed by atoms with Crippen molar-refractivity contribution in [1.29, 1.82) is 0 Å². The minimum Gasteiger partial charge on any atom is -0.394 e. The Balaban J connectivity index is 2.26. The molecule has 4 nitrogen and oxygen atoms in total. The highest BCUT2D eigenvalue weighted by atomic mass is 16.3. The van der Waals surface area contributed by atoms with Crippen LogP contribution in [0, 0.1) is 0 Å². The number of nitrogens with zero attached hydrogens (tertiary/aromatic N) is 2. The van der Waals surface area contributed by atoms with Crippen LogP contribution >= 0.6 is 0 Å². The van der Waals surface area contributed by atoms with E-state index >= 15 is 0 Å². The highest BCUT2D eigenvalue weighted by Crippen LogP contribution is 2.26. The van der Waals surface area contributed by atoms with Gasteiger partial charge in [0, 0.05) is 19.3 Å². The largest absolute Gasteiger partial charge is 0.394 e. The number of rotatable bonds is 3. The normalized spacial score (nSPS) is 21.1. The molecule has 2 heterocycles. The summed E-state index contributed by atoms with van der Waals surface area (Å²) >= 11 is 0. The van der Waals surface area contributed by atoms with Crippen molar-refractivity contribution in [2.24, 2.45) is 5.73 Å². The number of aliphatic hydroxyl groups excluding tert-OH is 1. The molecule has 1 saturated heterocycles. The molecule has 1 atom stereocenters. The molecule has 4 heteroatoms. The van der Waals surface area contributed by atoms with Gasteiger partial charge in [0.05, 0.1) is 24.5 Å². The monoisotopic (exact) mass is 221 g/mol. The van der Waals surface area contributed by atoms with Gasteiger partial charge in [-0.15, -0.1) is 0 Å². The summed E-state index contributed by atoms with van der Waals surface area (Å²) in [6.07, 6.45) is 7.05. The molecule has 1 unspecified atom stereocenters. The minimum absolute atomic E-state index is 0.207. The zero-order valence-corrected chi connectivity index (χ0v) is 9.47. The summed E-state index contributed by atoms with van der Waals surface area (Å²) in [7, 11) is 0. The first kappa shape index (κ1) is 11.4. The van der Waals surface area contributed by atoms with E-state index in [1.54, 1.807) is 6.20 Å². The van der Waals surface area contributed by atoms with Crippen LogP contribution < -0.4 is 10.6 Å². The van der Waals surface area contributed by atoms with E-state index in [4.69, 9.17) is 5.73 Å². The third kappa shape index (κ3) is 2.18. The second-order valence-corrected chi connectivity index (χ2v) is 4.23. The smallest absolute Gasteiger partial charge is 0.0635 e. The van der Waals surface area contributed by atoms with Gasteiger partial charge in [-0.05, 0) is 30.9 Å². The molecule has 1 aliphatic rings. The molecule has 1 fully saturated rings. The molecule has 1 aliphatic heterocycles. The van der Waals surface area contributed by atoms with Gasteiger partial charge in [-0.1, -0.05) is 0 Å². The van der Waals surface area contributed by atoms with E-state index in [0.29, 0.717) is 6.54 Å². The average molecular weight is 221 g/mol. The Morgan fingerprint density at radius 3 is 3.12 bits per heavy atom. The van der Waals surface area contributed by atoms with Crippen LogP contribution in [0.4, 0.5) is 5.69 Å². The number of hydrogen-bond donors (Lipinski definition) is 2. The zero-order chi connectivity index (χ0) is 11.4. The highest BCUT2D eigenvalue weighted by molar-refractivity contribution is 5.52. The molecule has 0 radical (unpaired) electrons. The molecule has 16 heavy (non-hydrogen) atoms. The molecule has 0 bridgehead atoms. The van der Waals surface area contributed by atoms with E-state index in [1.165, 1.54) is 12.8 Å². The number of piperidine rings is 1. The maximum absolute atomic E-state index is 9.39. The second kappa shape index (κ2) is 5.27. The van der Waals surface area contributed by atoms with Gasteiger partial charge in [0.1, 0.15) is 0 Å². The average Bonchev–Trinajstić information content (AvgIpc) is 2.38. The molecule has 0 aliphatic carbocycles. The number of pyridine rings is 1. The van der Waals surface area contributed by atoms with Crippen molar-refractivity contribution in [2.75, 3.05) is 18.1 Å². The van der Waals surface area contributed by atoms with Gasteiger partial charge >= 0.3 is 0 Å². The van der Waals surface area contributed by atoms with E-state index in [1.807, 2.05) is 12.3 Å². The van der Waals surface area contributed by atoms with Crippen molar-refractivity contribution in [3.8, 4) is 0 Å². The predicted octanol–water partition coefficient (Wildman–Crippen LogP) is 0.891. The van der Waals surface area contributed by atoms with Gasteiger partial charge < -0.3 is 15.7 Å². The third-order valence-corrected chi connectivity index (χ3v) is 3.25. The fourth-order valence-electron chi connectivity index (χ4n) is 2.35. The Kier molecular flexibility index (Phi) is 3.74. The fraction of sp³-hybridized carbons (Fsp3) is 0.583. The second-order valence-electron chi connectivity index (χ2n) is 4.23. The lowest BCUT2D eigenvalue weighted by molar-refractivity contribution is 0.240. The van der Waals surface area contributed by atoms with Gasteiger partial charge in [0.2, 0.25) is 0 Å². The SMILES string of the molecule is NCc1ccncc1N1CCCCC1CO. The molecule has 88 valence electrons. The quantitative estimate of drug-likeness (QED) is 0.795. The van der Waals surface area contributed by atoms with Gasteiger partial charge in [0.25, 0.3) is 0 Å². The Bertz CT molecular complexity index is 343. The number of nitrogens with two attached hydrogens (primary N) is 1. The van der Waals surface area contributed by atoms with E-state index in [-0.39, 0.29) is 12.6 Å². The van der Waals surface area contributed by atoms with Gasteiger partial charge in [-0.3, -0.25) is 4.98 Å². The molecule has 0 aromatic carbocycles. The fourth-order valence-corrected chi connectivity index (χ4v) is 2.35. The first-order chi connectivity index (χ1) is 7.86. The Hall–Kier alpha value is -1.13. The maximum Gasteiger partial charge on any atom is 0.0635 e. The molecule has 1 aromatic heterocycles. The van der Waals surface area contributed by atoms with Gasteiger partial charge in [-0.2, -0.15) is 0 Å². The molecule has 3 N–H and O–H groups in total. The zero-order valence-electron chi connectivity index (χ0n) is 9.47. The summed E-state index contributed by atoms with van der Waals surface area (Å²) in [4.78, 5) is 6.41. The van der Waals surface area contributed by atoms with Crippen molar-refractivity contribution in [3.05, 3.63) is 24.0 Å². The summed E-state index contributed by atoms with van der Waals surface area (Å²) in [5, 5.41) is 9.39. The first-order valence-electron chi connectivity index (χ1n) is 5.87. The van der Waals surface area contributed by atoms with E-state index < -0.39 is 0 Å². The van der Waals surface area contributed by atoms with Crippen LogP contribution in [-0.2, 0) is 6.54 Å². The number of hydrogen-bond acceptors (Lipinski definition) is 4. The van der Waals surface area contributed by atoms with Gasteiger partial charge in [-0.25, -0.2) is 0 Å². The van der Waals surface area contributed by atoms with Crippen molar-refractivity contribution < 1.29 is 5.11 Å². The topological polar surface area (TPSA) is 62.4 Å². The van der Waals surface area contributed by atoms with Crippen LogP contribution in [0.15, 0.2) is 18.5 Å². The third-order valence-electron chi connectivity index (χ3n) is 3.25. The Morgan fingerprint density at radius 1 is 1.50 bits per heavy atom. The number of anilines is 1. The summed E-state index contributed by atoms with van der Waals surface area (Å²) < 4.78 is 0. The number of aromatic nitrogens is 1. The molecular formula is C12H19N3O. The standard InChI is InChI=1S/C12H19N3O/c13-7-10-4-5-14-8-12(10)15-6-2-1-3-11(15)9-16/h4-5,8,11,16H,1-3,6-7,9,13H2. The molecule has 0 saturated carbocycles. The molecule has 0 amide bonds. The highest BCUT2D eigenvalue weighted by Gasteiger charge is 2.23. The lowest BCUT2D eigenvalue weighted by Crippen LogP contribution is -2.42. The summed E-state index contributed by atoms with van der Waals surface area (Å²) in [6, 6.07) is 2.18. The van der Waals surface area contributed by atoms with Gasteiger partial charge in [0.15, 0.2) is 0 Å². The maximum atomic E-state index is 9.39. The number of aliphatic hydroxyl groups is 1. The summed E-state index contributed by atoms with van der Waals surface area (Å²) in [5.41, 5.74) is 7.92. The van der Waals surface area contributed by atoms with Crippen molar-refractivity contribution >= 4 is 5.69 Å². The van der Waals surface area contributed by atoms with Crippen LogP contribution in [0.5, 0.6) is 0 Å². The van der Waals surface area contributed by atoms with Crippen LogP contribution in [0.3, 0.4) is 0 Å². The summed E-state index contributed by atoms with van der Waals surface area (Å²) in [6.45, 7) is 1.72. The van der Waals surface area contributed by atoms with Crippen molar-refractivity contribution in [3.63, 3.8) is 0 Å². The Morgan fingerprint density at radius 2 is 2.38 bits per heavy atom. The van der Waals surface area contributed by atoms with Crippen LogP contribution in [0.1, 0.15) is 24.8 Å². The van der Waals surface area contributed by atoms with E-state index in [0.717, 1.165) is 24.2 Å². The van der Waals surface area contributed by atoms with Crippen molar-refractivity contribution in [2.45, 2.75) is 31.8 Å². The summed E-state index contributed by atoms with van der Waals surface area (Å²) in [5.74, 6) is 0. The molecule has 2 rings (SSSR count). The molecule has 1 aromatic rings. The van der Waals surface area contributed by atoms with Crippen LogP contribution in [0.2, 0.25) is 0 Å². The molecule has 0 spiro atoms. The predicted molar refractivity (Wildman–Crippen MR) is 64.2 cm³/mol.